The molecule has 4 aromatic heterocycles. The molecule has 0 bridgehead atoms. The minimum atomic E-state index is -2.86. The lowest BCUT2D eigenvalue weighted by atomic mass is 9.87. The molecule has 9 nitrogen and oxygen atoms in total. The van der Waals surface area contributed by atoms with Crippen LogP contribution in [-0.2, 0) is 18.6 Å². The van der Waals surface area contributed by atoms with E-state index in [9.17, 15) is 18.4 Å². The van der Waals surface area contributed by atoms with Gasteiger partial charge in [-0.15, -0.1) is 11.3 Å². The summed E-state index contributed by atoms with van der Waals surface area (Å²) in [5.74, 6) is -0.481. The molecule has 0 unspecified atom stereocenters. The van der Waals surface area contributed by atoms with Crippen molar-refractivity contribution in [2.24, 2.45) is 5.73 Å². The summed E-state index contributed by atoms with van der Waals surface area (Å²) in [5, 5.41) is 7.46. The van der Waals surface area contributed by atoms with Crippen LogP contribution in [0.2, 0.25) is 0 Å². The third-order valence-electron chi connectivity index (χ3n) is 6.92. The van der Waals surface area contributed by atoms with Gasteiger partial charge in [0.1, 0.15) is 33.5 Å². The number of ether oxygens (including phenoxy) is 1. The number of nitrogens with two attached hydrogens (primary N) is 1. The van der Waals surface area contributed by atoms with E-state index in [1.807, 2.05) is 31.2 Å². The van der Waals surface area contributed by atoms with Crippen LogP contribution in [0.15, 0.2) is 53.1 Å². The number of fused-ring (bicyclic) bond motifs is 1. The Kier molecular flexibility index (Phi) is 8.06. The number of hydrogen-bond acceptors (Lipinski definition) is 7. The van der Waals surface area contributed by atoms with Crippen molar-refractivity contribution in [1.29, 1.82) is 0 Å². The average molecular weight is 608 g/mol. The highest BCUT2D eigenvalue weighted by atomic mass is 32.1. The van der Waals surface area contributed by atoms with Crippen LogP contribution in [0.3, 0.4) is 0 Å². The first kappa shape index (κ1) is 29.9. The molecule has 3 N–H and O–H groups in total. The van der Waals surface area contributed by atoms with E-state index in [0.717, 1.165) is 11.3 Å². The third kappa shape index (κ3) is 6.14. The normalized spacial score (nSPS) is 11.8. The number of anilines is 1. The molecule has 0 saturated carbocycles. The zero-order valence-corrected chi connectivity index (χ0v) is 25.1. The SMILES string of the molecule is CCn1cc(-c2cc(C(F)F)nc3sc(C(N)=O)c(NC(=O)c4ccc(COc5ccc(C(C)(C)C)cc5)o4)c23)c(C)n1. The van der Waals surface area contributed by atoms with Crippen LogP contribution in [0.4, 0.5) is 14.5 Å². The molecule has 0 aliphatic carbocycles. The lowest BCUT2D eigenvalue weighted by molar-refractivity contribution is 0.0992. The molecule has 5 rings (SSSR count). The molecule has 1 aromatic carbocycles. The Hall–Kier alpha value is -4.58. The topological polar surface area (TPSA) is 125 Å². The number of amides is 2. The van der Waals surface area contributed by atoms with Crippen LogP contribution in [-0.4, -0.2) is 26.6 Å². The largest absolute Gasteiger partial charge is 0.486 e. The van der Waals surface area contributed by atoms with Gasteiger partial charge in [-0.25, -0.2) is 13.8 Å². The number of aromatic nitrogens is 3. The third-order valence-corrected chi connectivity index (χ3v) is 8.01. The maximum atomic E-state index is 13.8. The second kappa shape index (κ2) is 11.6. The van der Waals surface area contributed by atoms with Gasteiger partial charge in [-0.05, 0) is 60.7 Å². The lowest BCUT2D eigenvalue weighted by Gasteiger charge is -2.19. The maximum absolute atomic E-state index is 13.8. The van der Waals surface area contributed by atoms with E-state index in [1.165, 1.54) is 17.7 Å². The van der Waals surface area contributed by atoms with E-state index < -0.39 is 23.9 Å². The van der Waals surface area contributed by atoms with Gasteiger partial charge in [-0.3, -0.25) is 14.3 Å². The van der Waals surface area contributed by atoms with Crippen molar-refractivity contribution in [3.8, 4) is 16.9 Å². The Morgan fingerprint density at radius 1 is 1.14 bits per heavy atom. The first-order chi connectivity index (χ1) is 20.3. The number of rotatable bonds is 9. The van der Waals surface area contributed by atoms with Crippen molar-refractivity contribution in [2.45, 2.75) is 59.6 Å². The van der Waals surface area contributed by atoms with Gasteiger partial charge in [-0.2, -0.15) is 5.10 Å². The van der Waals surface area contributed by atoms with Crippen molar-refractivity contribution in [2.75, 3.05) is 5.32 Å². The fourth-order valence-electron chi connectivity index (χ4n) is 4.64. The number of nitrogens with zero attached hydrogens (tertiary/aromatic N) is 3. The van der Waals surface area contributed by atoms with Crippen LogP contribution >= 0.6 is 11.3 Å². The van der Waals surface area contributed by atoms with Gasteiger partial charge in [0.05, 0.1) is 11.4 Å². The molecule has 0 spiro atoms. The highest BCUT2D eigenvalue weighted by Gasteiger charge is 2.27. The number of pyridine rings is 1. The van der Waals surface area contributed by atoms with Gasteiger partial charge < -0.3 is 20.2 Å². The summed E-state index contributed by atoms with van der Waals surface area (Å²) in [7, 11) is 0. The molecule has 0 radical (unpaired) electrons. The fourth-order valence-corrected chi connectivity index (χ4v) is 5.65. The Morgan fingerprint density at radius 3 is 2.47 bits per heavy atom. The van der Waals surface area contributed by atoms with Crippen molar-refractivity contribution < 1.29 is 27.5 Å². The van der Waals surface area contributed by atoms with E-state index >= 15 is 0 Å². The molecule has 0 saturated heterocycles. The second-order valence-corrected chi connectivity index (χ2v) is 12.0. The molecule has 224 valence electrons. The Labute approximate surface area is 250 Å². The number of carbonyl (C=O) groups is 2. The Bertz CT molecular complexity index is 1820. The Morgan fingerprint density at radius 2 is 1.86 bits per heavy atom. The fraction of sp³-hybridized carbons (Fsp3) is 0.290. The van der Waals surface area contributed by atoms with E-state index in [1.54, 1.807) is 23.9 Å². The van der Waals surface area contributed by atoms with Crippen LogP contribution < -0.4 is 15.8 Å². The van der Waals surface area contributed by atoms with Crippen molar-refractivity contribution in [3.05, 3.63) is 82.0 Å². The van der Waals surface area contributed by atoms with E-state index in [0.29, 0.717) is 40.3 Å². The summed E-state index contributed by atoms with van der Waals surface area (Å²) in [4.78, 5) is 30.0. The highest BCUT2D eigenvalue weighted by Crippen LogP contribution is 2.43. The number of nitrogens with one attached hydrogen (secondary N) is 1. The molecule has 0 fully saturated rings. The Balaban J connectivity index is 1.45. The van der Waals surface area contributed by atoms with Crippen molar-refractivity contribution in [3.63, 3.8) is 0 Å². The predicted molar refractivity (Wildman–Crippen MR) is 161 cm³/mol. The smallest absolute Gasteiger partial charge is 0.291 e. The molecule has 12 heteroatoms. The number of furan rings is 1. The summed E-state index contributed by atoms with van der Waals surface area (Å²) in [5.41, 5.74) is 7.94. The van der Waals surface area contributed by atoms with E-state index in [4.69, 9.17) is 14.9 Å². The minimum Gasteiger partial charge on any atom is -0.486 e. The van der Waals surface area contributed by atoms with E-state index in [2.05, 4.69) is 36.2 Å². The van der Waals surface area contributed by atoms with Crippen LogP contribution in [0.5, 0.6) is 5.75 Å². The first-order valence-electron chi connectivity index (χ1n) is 13.6. The summed E-state index contributed by atoms with van der Waals surface area (Å²) in [6.07, 6.45) is -1.13. The number of primary amides is 1. The molecule has 2 amide bonds. The van der Waals surface area contributed by atoms with Crippen molar-refractivity contribution >= 4 is 39.1 Å². The minimum absolute atomic E-state index is 0.0162. The number of aryl methyl sites for hydroxylation is 2. The molecular weight excluding hydrogens is 576 g/mol. The summed E-state index contributed by atoms with van der Waals surface area (Å²) in [6.45, 7) is 10.7. The summed E-state index contributed by atoms with van der Waals surface area (Å²) in [6, 6.07) is 12.1. The van der Waals surface area contributed by atoms with Crippen LogP contribution in [0, 0.1) is 6.92 Å². The molecule has 0 aliphatic heterocycles. The summed E-state index contributed by atoms with van der Waals surface area (Å²) >= 11 is 0.830. The zero-order chi connectivity index (χ0) is 31.1. The van der Waals surface area contributed by atoms with E-state index in [-0.39, 0.29) is 33.2 Å². The number of alkyl halides is 2. The number of benzene rings is 1. The molecule has 5 aromatic rings. The standard InChI is InChI=1S/C31H31F2N5O4S/c1-6-38-14-21(16(2)37-38)20-13-22(27(32)33)35-30-24(20)25(26(43-30)28(34)39)36-29(40)23-12-11-19(42-23)15-41-18-9-7-17(8-10-18)31(3,4)5/h7-14,27H,6,15H2,1-5H3,(H2,34,39)(H,36,40). The number of halogens is 2. The highest BCUT2D eigenvalue weighted by molar-refractivity contribution is 7.21. The average Bonchev–Trinajstić information content (AvgIpc) is 3.68. The van der Waals surface area contributed by atoms with Gasteiger partial charge >= 0.3 is 0 Å². The predicted octanol–water partition coefficient (Wildman–Crippen LogP) is 7.25. The monoisotopic (exact) mass is 607 g/mol. The maximum Gasteiger partial charge on any atom is 0.291 e. The van der Waals surface area contributed by atoms with Gasteiger partial charge in [0.2, 0.25) is 0 Å². The molecule has 0 atom stereocenters. The lowest BCUT2D eigenvalue weighted by Crippen LogP contribution is -2.16. The number of carbonyl (C=O) groups excluding carboxylic acids is 2. The van der Waals surface area contributed by atoms with Gasteiger partial charge in [0.25, 0.3) is 18.2 Å². The molecular formula is C31H31F2N5O4S. The number of hydrogen-bond donors (Lipinski definition) is 2. The van der Waals surface area contributed by atoms with Crippen LogP contribution in [0.25, 0.3) is 21.3 Å². The van der Waals surface area contributed by atoms with Crippen molar-refractivity contribution in [1.82, 2.24) is 14.8 Å². The summed E-state index contributed by atoms with van der Waals surface area (Å²) < 4.78 is 40.9. The molecule has 4 heterocycles. The molecule has 43 heavy (non-hydrogen) atoms. The molecule has 0 aliphatic rings. The second-order valence-electron chi connectivity index (χ2n) is 11.0. The first-order valence-corrected chi connectivity index (χ1v) is 14.4. The number of thiophene rings is 1. The van der Waals surface area contributed by atoms with Crippen LogP contribution in [0.1, 0.15) is 77.1 Å². The zero-order valence-electron chi connectivity index (χ0n) is 24.3. The van der Waals surface area contributed by atoms with Gasteiger partial charge in [0, 0.05) is 23.7 Å². The van der Waals surface area contributed by atoms with Gasteiger partial charge in [0.15, 0.2) is 5.76 Å². The van der Waals surface area contributed by atoms with Gasteiger partial charge in [-0.1, -0.05) is 32.9 Å². The quantitative estimate of drug-likeness (QED) is 0.182.